The van der Waals surface area contributed by atoms with Crippen molar-refractivity contribution in [3.8, 4) is 0 Å². The number of nitrogens with zero attached hydrogens (tertiary/aromatic N) is 3. The molecule has 1 unspecified atom stereocenters. The fourth-order valence-corrected chi connectivity index (χ4v) is 2.67. The van der Waals surface area contributed by atoms with Gasteiger partial charge >= 0.3 is 5.97 Å². The molecule has 0 fully saturated rings. The average Bonchev–Trinajstić information content (AvgIpc) is 2.95. The topological polar surface area (TPSA) is 83.0 Å². The number of hydrogen-bond acceptors (Lipinski definition) is 5. The van der Waals surface area contributed by atoms with Crippen LogP contribution in [0.5, 0.6) is 0 Å². The molecule has 1 aromatic carbocycles. The molecule has 21 heavy (non-hydrogen) atoms. The second-order valence-corrected chi connectivity index (χ2v) is 5.18. The number of benzene rings is 1. The first kappa shape index (κ1) is 13.8. The minimum absolute atomic E-state index is 0.0612. The first-order valence-corrected chi connectivity index (χ1v) is 7.12. The van der Waals surface area contributed by atoms with Gasteiger partial charge in [-0.25, -0.2) is 4.68 Å². The van der Waals surface area contributed by atoms with Crippen LogP contribution in [0.4, 0.5) is 0 Å². The van der Waals surface area contributed by atoms with E-state index in [-0.39, 0.29) is 18.6 Å². The Morgan fingerprint density at radius 2 is 2.29 bits per heavy atom. The van der Waals surface area contributed by atoms with Gasteiger partial charge in [-0.05, 0) is 30.4 Å². The van der Waals surface area contributed by atoms with Crippen molar-refractivity contribution in [1.29, 1.82) is 0 Å². The molecular weight excluding hydrogens is 268 g/mol. The predicted octanol–water partition coefficient (Wildman–Crippen LogP) is 1.36. The van der Waals surface area contributed by atoms with Crippen LogP contribution in [0.15, 0.2) is 30.5 Å². The number of rotatable bonds is 4. The van der Waals surface area contributed by atoms with E-state index in [0.29, 0.717) is 12.2 Å². The lowest BCUT2D eigenvalue weighted by Gasteiger charge is -2.25. The number of ether oxygens (including phenoxy) is 1. The van der Waals surface area contributed by atoms with Gasteiger partial charge in [-0.15, -0.1) is 5.10 Å². The summed E-state index contributed by atoms with van der Waals surface area (Å²) in [4.78, 5) is 12.0. The summed E-state index contributed by atoms with van der Waals surface area (Å²) in [6, 6.07) is 8.14. The summed E-state index contributed by atoms with van der Waals surface area (Å²) in [6.07, 6.45) is 4.47. The monoisotopic (exact) mass is 286 g/mol. The zero-order valence-electron chi connectivity index (χ0n) is 11.7. The molecule has 0 saturated heterocycles. The molecular formula is C15H18N4O2. The van der Waals surface area contributed by atoms with E-state index >= 15 is 0 Å². The number of nitrogens with two attached hydrogens (primary N) is 1. The standard InChI is InChI=1S/C15H18N4O2/c16-8-12-9-19(18-17-12)10-15(20)21-14-7-3-5-11-4-1-2-6-13(11)14/h1-2,4,6,9,14H,3,5,7-8,10,16H2. The maximum atomic E-state index is 12.0. The van der Waals surface area contributed by atoms with Crippen LogP contribution in [-0.4, -0.2) is 21.0 Å². The molecule has 1 heterocycles. The Bertz CT molecular complexity index is 638. The maximum absolute atomic E-state index is 12.0. The van der Waals surface area contributed by atoms with Gasteiger partial charge in [0, 0.05) is 6.54 Å². The Balaban J connectivity index is 1.65. The molecule has 110 valence electrons. The number of carbonyl (C=O) groups is 1. The second-order valence-electron chi connectivity index (χ2n) is 5.18. The van der Waals surface area contributed by atoms with E-state index in [1.54, 1.807) is 6.20 Å². The van der Waals surface area contributed by atoms with Gasteiger partial charge in [0.2, 0.25) is 0 Å². The van der Waals surface area contributed by atoms with E-state index in [1.807, 2.05) is 18.2 Å². The Morgan fingerprint density at radius 3 is 3.10 bits per heavy atom. The van der Waals surface area contributed by atoms with Crippen molar-refractivity contribution in [1.82, 2.24) is 15.0 Å². The molecule has 0 radical (unpaired) electrons. The summed E-state index contributed by atoms with van der Waals surface area (Å²) < 4.78 is 7.06. The summed E-state index contributed by atoms with van der Waals surface area (Å²) in [5.74, 6) is -0.301. The van der Waals surface area contributed by atoms with Crippen LogP contribution in [0.3, 0.4) is 0 Å². The third-order valence-corrected chi connectivity index (χ3v) is 3.67. The number of aryl methyl sites for hydroxylation is 1. The summed E-state index contributed by atoms with van der Waals surface area (Å²) >= 11 is 0. The van der Waals surface area contributed by atoms with E-state index < -0.39 is 0 Å². The zero-order valence-corrected chi connectivity index (χ0v) is 11.7. The first-order valence-electron chi connectivity index (χ1n) is 7.12. The van der Waals surface area contributed by atoms with Crippen molar-refractivity contribution in [3.63, 3.8) is 0 Å². The van der Waals surface area contributed by atoms with Crippen molar-refractivity contribution in [2.75, 3.05) is 0 Å². The number of aromatic nitrogens is 3. The van der Waals surface area contributed by atoms with Gasteiger partial charge in [0.1, 0.15) is 12.6 Å². The number of hydrogen-bond donors (Lipinski definition) is 1. The highest BCUT2D eigenvalue weighted by atomic mass is 16.5. The van der Waals surface area contributed by atoms with Crippen LogP contribution in [0.2, 0.25) is 0 Å². The number of carbonyl (C=O) groups excluding carboxylic acids is 1. The van der Waals surface area contributed by atoms with Crippen molar-refractivity contribution < 1.29 is 9.53 Å². The molecule has 0 amide bonds. The molecule has 2 aromatic rings. The van der Waals surface area contributed by atoms with Crippen LogP contribution in [-0.2, 0) is 29.0 Å². The van der Waals surface area contributed by atoms with Gasteiger partial charge in [0.15, 0.2) is 0 Å². The summed E-state index contributed by atoms with van der Waals surface area (Å²) in [7, 11) is 0. The van der Waals surface area contributed by atoms with Gasteiger partial charge in [-0.1, -0.05) is 29.5 Å². The molecule has 1 aliphatic carbocycles. The molecule has 0 aliphatic heterocycles. The lowest BCUT2D eigenvalue weighted by molar-refractivity contribution is -0.151. The minimum atomic E-state index is -0.301. The van der Waals surface area contributed by atoms with Gasteiger partial charge in [0.25, 0.3) is 0 Å². The van der Waals surface area contributed by atoms with Crippen LogP contribution < -0.4 is 5.73 Å². The second kappa shape index (κ2) is 6.05. The quantitative estimate of drug-likeness (QED) is 0.858. The molecule has 1 aliphatic rings. The highest BCUT2D eigenvalue weighted by Gasteiger charge is 2.23. The number of fused-ring (bicyclic) bond motifs is 1. The Hall–Kier alpha value is -2.21. The normalized spacial score (nSPS) is 17.3. The molecule has 1 aromatic heterocycles. The molecule has 0 spiro atoms. The van der Waals surface area contributed by atoms with E-state index in [4.69, 9.17) is 10.5 Å². The molecule has 6 heteroatoms. The lowest BCUT2D eigenvalue weighted by atomic mass is 9.89. The zero-order chi connectivity index (χ0) is 14.7. The molecule has 6 nitrogen and oxygen atoms in total. The number of esters is 1. The highest BCUT2D eigenvalue weighted by molar-refractivity contribution is 5.69. The highest BCUT2D eigenvalue weighted by Crippen LogP contribution is 2.32. The van der Waals surface area contributed by atoms with E-state index in [0.717, 1.165) is 24.8 Å². The first-order chi connectivity index (χ1) is 10.3. The van der Waals surface area contributed by atoms with Crippen molar-refractivity contribution in [2.45, 2.75) is 38.5 Å². The third kappa shape index (κ3) is 3.11. The van der Waals surface area contributed by atoms with E-state index in [1.165, 1.54) is 10.2 Å². The lowest BCUT2D eigenvalue weighted by Crippen LogP contribution is -2.20. The minimum Gasteiger partial charge on any atom is -0.456 e. The summed E-state index contributed by atoms with van der Waals surface area (Å²) in [5.41, 5.74) is 8.52. The van der Waals surface area contributed by atoms with Crippen LogP contribution in [0.25, 0.3) is 0 Å². The molecule has 0 bridgehead atoms. The summed E-state index contributed by atoms with van der Waals surface area (Å²) in [6.45, 7) is 0.372. The molecule has 1 atom stereocenters. The van der Waals surface area contributed by atoms with Crippen molar-refractivity contribution >= 4 is 5.97 Å². The van der Waals surface area contributed by atoms with Crippen LogP contribution in [0.1, 0.15) is 35.8 Å². The van der Waals surface area contributed by atoms with Crippen molar-refractivity contribution in [2.24, 2.45) is 5.73 Å². The van der Waals surface area contributed by atoms with Gasteiger partial charge in [0.05, 0.1) is 11.9 Å². The van der Waals surface area contributed by atoms with Crippen LogP contribution >= 0.6 is 0 Å². The van der Waals surface area contributed by atoms with Crippen LogP contribution in [0, 0.1) is 0 Å². The molecule has 0 saturated carbocycles. The van der Waals surface area contributed by atoms with E-state index in [9.17, 15) is 4.79 Å². The van der Waals surface area contributed by atoms with Gasteiger partial charge < -0.3 is 10.5 Å². The average molecular weight is 286 g/mol. The van der Waals surface area contributed by atoms with Gasteiger partial charge in [-0.3, -0.25) is 4.79 Å². The SMILES string of the molecule is NCc1cn(CC(=O)OC2CCCc3ccccc32)nn1. The fraction of sp³-hybridized carbons (Fsp3) is 0.400. The fourth-order valence-electron chi connectivity index (χ4n) is 2.67. The summed E-state index contributed by atoms with van der Waals surface area (Å²) in [5, 5.41) is 7.70. The molecule has 3 rings (SSSR count). The third-order valence-electron chi connectivity index (χ3n) is 3.67. The van der Waals surface area contributed by atoms with E-state index in [2.05, 4.69) is 16.4 Å². The van der Waals surface area contributed by atoms with Gasteiger partial charge in [-0.2, -0.15) is 0 Å². The Kier molecular flexibility index (Phi) is 3.96. The largest absolute Gasteiger partial charge is 0.456 e. The smallest absolute Gasteiger partial charge is 0.328 e. The Morgan fingerprint density at radius 1 is 1.43 bits per heavy atom. The molecule has 2 N–H and O–H groups in total. The maximum Gasteiger partial charge on any atom is 0.328 e. The predicted molar refractivity (Wildman–Crippen MR) is 76.1 cm³/mol. The van der Waals surface area contributed by atoms with Crippen molar-refractivity contribution in [3.05, 3.63) is 47.3 Å². The Labute approximate surface area is 122 Å².